The summed E-state index contributed by atoms with van der Waals surface area (Å²) in [5, 5.41) is 9.96. The monoisotopic (exact) mass is 334 g/mol. The summed E-state index contributed by atoms with van der Waals surface area (Å²) in [7, 11) is -0.939. The van der Waals surface area contributed by atoms with Gasteiger partial charge in [-0.3, -0.25) is 4.21 Å². The Balaban J connectivity index is 2.05. The fraction of sp³-hybridized carbons (Fsp3) is 0.375. The summed E-state index contributed by atoms with van der Waals surface area (Å²) in [4.78, 5) is 12.1. The van der Waals surface area contributed by atoms with Gasteiger partial charge in [-0.2, -0.15) is 5.10 Å². The van der Waals surface area contributed by atoms with Crippen molar-refractivity contribution in [2.75, 3.05) is 12.0 Å². The number of para-hydroxylation sites is 1. The van der Waals surface area contributed by atoms with Crippen LogP contribution in [0.5, 0.6) is 0 Å². The van der Waals surface area contributed by atoms with E-state index in [1.807, 2.05) is 50.4 Å². The van der Waals surface area contributed by atoms with Crippen molar-refractivity contribution in [2.45, 2.75) is 25.9 Å². The molecule has 0 aliphatic carbocycles. The molecular weight excluding hydrogens is 312 g/mol. The lowest BCUT2D eigenvalue weighted by Crippen LogP contribution is -2.43. The van der Waals surface area contributed by atoms with Crippen molar-refractivity contribution in [1.29, 1.82) is 0 Å². The van der Waals surface area contributed by atoms with Gasteiger partial charge in [-0.15, -0.1) is 0 Å². The summed E-state index contributed by atoms with van der Waals surface area (Å²) in [6.45, 7) is 3.76. The summed E-state index contributed by atoms with van der Waals surface area (Å²) in [6, 6.07) is 9.05. The van der Waals surface area contributed by atoms with Gasteiger partial charge in [0.2, 0.25) is 0 Å². The Morgan fingerprint density at radius 1 is 1.26 bits per heavy atom. The second-order valence-corrected chi connectivity index (χ2v) is 6.97. The summed E-state index contributed by atoms with van der Waals surface area (Å²) in [6.07, 6.45) is 5.21. The van der Waals surface area contributed by atoms with E-state index in [1.165, 1.54) is 0 Å². The lowest BCUT2D eigenvalue weighted by molar-refractivity contribution is 0.235. The van der Waals surface area contributed by atoms with Gasteiger partial charge < -0.3 is 10.6 Å². The fourth-order valence-corrected chi connectivity index (χ4v) is 3.19. The predicted octanol–water partition coefficient (Wildman–Crippen LogP) is 2.00. The first kappa shape index (κ1) is 17.2. The number of nitrogens with zero attached hydrogens (tertiary/aromatic N) is 2. The number of aromatic nitrogens is 2. The van der Waals surface area contributed by atoms with Gasteiger partial charge in [0.15, 0.2) is 0 Å². The molecule has 6 nitrogen and oxygen atoms in total. The molecule has 0 radical (unpaired) electrons. The molecule has 23 heavy (non-hydrogen) atoms. The zero-order valence-corrected chi connectivity index (χ0v) is 14.3. The van der Waals surface area contributed by atoms with Gasteiger partial charge in [-0.05, 0) is 31.5 Å². The van der Waals surface area contributed by atoms with E-state index < -0.39 is 10.8 Å². The van der Waals surface area contributed by atoms with Gasteiger partial charge in [0.1, 0.15) is 0 Å². The first-order chi connectivity index (χ1) is 11.0. The third kappa shape index (κ3) is 4.92. The molecule has 7 heteroatoms. The van der Waals surface area contributed by atoms with Gasteiger partial charge in [-0.1, -0.05) is 18.2 Å². The number of urea groups is 1. The molecule has 1 heterocycles. The maximum atomic E-state index is 12.1. The molecule has 2 N–H and O–H groups in total. The molecule has 0 aliphatic heterocycles. The van der Waals surface area contributed by atoms with Gasteiger partial charge in [0, 0.05) is 41.2 Å². The molecule has 0 saturated carbocycles. The first-order valence-electron chi connectivity index (χ1n) is 7.43. The average Bonchev–Trinajstić information content (AvgIpc) is 3.00. The topological polar surface area (TPSA) is 76.0 Å². The first-order valence-corrected chi connectivity index (χ1v) is 9.16. The summed E-state index contributed by atoms with van der Waals surface area (Å²) >= 11 is 0. The van der Waals surface area contributed by atoms with E-state index in [-0.39, 0.29) is 18.1 Å². The van der Waals surface area contributed by atoms with E-state index in [0.29, 0.717) is 5.75 Å². The highest BCUT2D eigenvalue weighted by Gasteiger charge is 2.15. The summed E-state index contributed by atoms with van der Waals surface area (Å²) < 4.78 is 13.0. The van der Waals surface area contributed by atoms with Crippen LogP contribution < -0.4 is 10.6 Å². The Bertz CT molecular complexity index is 672. The smallest absolute Gasteiger partial charge is 0.315 e. The number of carbonyl (C=O) groups is 1. The molecule has 0 fully saturated rings. The van der Waals surface area contributed by atoms with Crippen LogP contribution in [-0.2, 0) is 10.8 Å². The summed E-state index contributed by atoms with van der Waals surface area (Å²) in [5.41, 5.74) is 1.89. The van der Waals surface area contributed by atoms with Crippen LogP contribution >= 0.6 is 0 Å². The number of rotatable bonds is 6. The number of hydrogen-bond acceptors (Lipinski definition) is 3. The zero-order chi connectivity index (χ0) is 16.8. The second kappa shape index (κ2) is 7.92. The van der Waals surface area contributed by atoms with Crippen molar-refractivity contribution >= 4 is 16.8 Å². The number of benzene rings is 1. The van der Waals surface area contributed by atoms with Crippen LogP contribution in [0.1, 0.15) is 25.5 Å². The molecule has 124 valence electrons. The molecule has 0 saturated heterocycles. The van der Waals surface area contributed by atoms with Gasteiger partial charge >= 0.3 is 6.03 Å². The minimum absolute atomic E-state index is 0.144. The molecule has 1 aromatic heterocycles. The zero-order valence-electron chi connectivity index (χ0n) is 13.5. The molecule has 0 bridgehead atoms. The Labute approximate surface area is 138 Å². The van der Waals surface area contributed by atoms with E-state index in [2.05, 4.69) is 15.7 Å². The van der Waals surface area contributed by atoms with Crippen molar-refractivity contribution in [3.8, 4) is 5.69 Å². The van der Waals surface area contributed by atoms with Crippen LogP contribution in [0.2, 0.25) is 0 Å². The largest absolute Gasteiger partial charge is 0.335 e. The van der Waals surface area contributed by atoms with Crippen molar-refractivity contribution < 1.29 is 9.00 Å². The lowest BCUT2D eigenvalue weighted by atomic mass is 10.1. The number of nitrogens with one attached hydrogen (secondary N) is 2. The van der Waals surface area contributed by atoms with Crippen LogP contribution in [0.25, 0.3) is 5.69 Å². The van der Waals surface area contributed by atoms with E-state index in [9.17, 15) is 9.00 Å². The Morgan fingerprint density at radius 3 is 2.65 bits per heavy atom. The molecule has 2 aromatic rings. The highest BCUT2D eigenvalue weighted by Crippen LogP contribution is 2.20. The SMILES string of the molecule is C[C@H](C[S@](C)=O)NC(=O)N[C@H](C)c1ccccc1-n1cccn1. The van der Waals surface area contributed by atoms with Crippen molar-refractivity contribution in [2.24, 2.45) is 0 Å². The minimum atomic E-state index is -0.939. The highest BCUT2D eigenvalue weighted by atomic mass is 32.2. The van der Waals surface area contributed by atoms with Crippen LogP contribution in [0, 0.1) is 0 Å². The second-order valence-electron chi connectivity index (χ2n) is 5.49. The van der Waals surface area contributed by atoms with Crippen LogP contribution in [0.3, 0.4) is 0 Å². The van der Waals surface area contributed by atoms with Crippen LogP contribution in [0.15, 0.2) is 42.7 Å². The number of amides is 2. The third-order valence-corrected chi connectivity index (χ3v) is 4.33. The van der Waals surface area contributed by atoms with Crippen molar-refractivity contribution in [1.82, 2.24) is 20.4 Å². The molecular formula is C16H22N4O2S. The lowest BCUT2D eigenvalue weighted by Gasteiger charge is -2.20. The third-order valence-electron chi connectivity index (χ3n) is 3.36. The molecule has 0 spiro atoms. The molecule has 0 aliphatic rings. The predicted molar refractivity (Wildman–Crippen MR) is 92.0 cm³/mol. The number of carbonyl (C=O) groups excluding carboxylic acids is 1. The average molecular weight is 334 g/mol. The van der Waals surface area contributed by atoms with E-state index >= 15 is 0 Å². The van der Waals surface area contributed by atoms with E-state index in [4.69, 9.17) is 0 Å². The van der Waals surface area contributed by atoms with Gasteiger partial charge in [-0.25, -0.2) is 9.48 Å². The Kier molecular flexibility index (Phi) is 5.92. The highest BCUT2D eigenvalue weighted by molar-refractivity contribution is 7.84. The molecule has 2 rings (SSSR count). The molecule has 2 amide bonds. The summed E-state index contributed by atoms with van der Waals surface area (Å²) in [5.74, 6) is 0.436. The Hall–Kier alpha value is -2.15. The number of hydrogen-bond donors (Lipinski definition) is 2. The maximum absolute atomic E-state index is 12.1. The van der Waals surface area contributed by atoms with Crippen molar-refractivity contribution in [3.05, 3.63) is 48.3 Å². The van der Waals surface area contributed by atoms with E-state index in [1.54, 1.807) is 17.1 Å². The van der Waals surface area contributed by atoms with Crippen LogP contribution in [0.4, 0.5) is 4.79 Å². The molecule has 3 atom stereocenters. The standard InChI is InChI=1S/C16H22N4O2S/c1-12(11-23(3)22)18-16(21)19-13(2)14-7-4-5-8-15(14)20-10-6-9-17-20/h4-10,12-13H,11H2,1-3H3,(H2,18,19,21)/t12-,13-,23+/m1/s1. The normalized spacial score (nSPS) is 14.7. The fourth-order valence-electron chi connectivity index (χ4n) is 2.41. The maximum Gasteiger partial charge on any atom is 0.315 e. The van der Waals surface area contributed by atoms with E-state index in [0.717, 1.165) is 11.3 Å². The quantitative estimate of drug-likeness (QED) is 0.848. The van der Waals surface area contributed by atoms with Crippen molar-refractivity contribution in [3.63, 3.8) is 0 Å². The van der Waals surface area contributed by atoms with Gasteiger partial charge in [0.05, 0.1) is 11.7 Å². The Morgan fingerprint density at radius 2 is 2.00 bits per heavy atom. The minimum Gasteiger partial charge on any atom is -0.335 e. The molecule has 0 unspecified atom stereocenters. The molecule has 1 aromatic carbocycles. The van der Waals surface area contributed by atoms with Crippen LogP contribution in [-0.4, -0.2) is 38.1 Å². The van der Waals surface area contributed by atoms with Gasteiger partial charge in [0.25, 0.3) is 0 Å².